The Hall–Kier alpha value is -0.770. The number of methoxy groups -OCH3 is 1. The predicted molar refractivity (Wildman–Crippen MR) is 49.1 cm³/mol. The summed E-state index contributed by atoms with van der Waals surface area (Å²) in [6, 6.07) is 1.55. The number of rotatable bonds is 1. The van der Waals surface area contributed by atoms with Crippen LogP contribution in [-0.2, 0) is 4.74 Å². The molecule has 0 saturated heterocycles. The van der Waals surface area contributed by atoms with E-state index in [9.17, 15) is 4.79 Å². The van der Waals surface area contributed by atoms with Crippen molar-refractivity contribution in [2.75, 3.05) is 7.11 Å². The second-order valence-corrected chi connectivity index (χ2v) is 2.54. The molecule has 68 valence electrons. The van der Waals surface area contributed by atoms with Gasteiger partial charge in [-0.05, 0) is 15.9 Å². The van der Waals surface area contributed by atoms with E-state index in [0.717, 1.165) is 4.47 Å². The Bertz CT molecular complexity index is 242. The second-order valence-electron chi connectivity index (χ2n) is 1.62. The lowest BCUT2D eigenvalue weighted by atomic mass is 10.5. The van der Waals surface area contributed by atoms with Gasteiger partial charge in [-0.25, -0.2) is 4.79 Å². The lowest BCUT2D eigenvalue weighted by Crippen LogP contribution is -1.97. The van der Waals surface area contributed by atoms with Crippen molar-refractivity contribution in [3.63, 3.8) is 0 Å². The Labute approximate surface area is 79.8 Å². The van der Waals surface area contributed by atoms with Gasteiger partial charge >= 0.3 is 5.97 Å². The zero-order valence-corrected chi connectivity index (χ0v) is 8.84. The molecule has 1 rings (SSSR count). The highest BCUT2D eigenvalue weighted by Gasteiger charge is 2.08. The lowest BCUT2D eigenvalue weighted by molar-refractivity contribution is 0.0565. The topological polar surface area (TPSA) is 39.4 Å². The molecule has 0 fully saturated rings. The molecule has 0 unspecified atom stereocenters. The van der Waals surface area contributed by atoms with Crippen molar-refractivity contribution in [1.82, 2.24) is 0 Å². The molecule has 0 atom stereocenters. The zero-order valence-electron chi connectivity index (χ0n) is 7.26. The monoisotopic (exact) mass is 234 g/mol. The van der Waals surface area contributed by atoms with Crippen LogP contribution in [0.25, 0.3) is 0 Å². The minimum atomic E-state index is -0.467. The molecule has 0 bridgehead atoms. The standard InChI is InChI=1S/C6H5BrO3.C2H6/c1-9-6(8)5-2-4(7)3-10-5;1-2/h2-3H,1H3;1-2H3. The average molecular weight is 235 g/mol. The number of hydrogen-bond donors (Lipinski definition) is 0. The molecule has 0 amide bonds. The number of esters is 1. The number of furan rings is 1. The van der Waals surface area contributed by atoms with E-state index in [-0.39, 0.29) is 5.76 Å². The Morgan fingerprint density at radius 3 is 2.50 bits per heavy atom. The smallest absolute Gasteiger partial charge is 0.373 e. The highest BCUT2D eigenvalue weighted by Crippen LogP contribution is 2.14. The van der Waals surface area contributed by atoms with Gasteiger partial charge in [0, 0.05) is 6.07 Å². The van der Waals surface area contributed by atoms with Crippen LogP contribution in [0.5, 0.6) is 0 Å². The third kappa shape index (κ3) is 3.09. The molecule has 0 aromatic carbocycles. The molecular weight excluding hydrogens is 224 g/mol. The van der Waals surface area contributed by atoms with Crippen molar-refractivity contribution in [2.45, 2.75) is 13.8 Å². The number of carbonyl (C=O) groups excluding carboxylic acids is 1. The molecule has 0 aliphatic heterocycles. The summed E-state index contributed by atoms with van der Waals surface area (Å²) in [6.45, 7) is 4.00. The van der Waals surface area contributed by atoms with Crippen LogP contribution in [0, 0.1) is 0 Å². The van der Waals surface area contributed by atoms with Crippen LogP contribution in [0.2, 0.25) is 0 Å². The van der Waals surface area contributed by atoms with E-state index in [4.69, 9.17) is 4.42 Å². The van der Waals surface area contributed by atoms with E-state index < -0.39 is 5.97 Å². The summed E-state index contributed by atoms with van der Waals surface area (Å²) in [5.74, 6) is -0.264. The predicted octanol–water partition coefficient (Wildman–Crippen LogP) is 2.85. The molecule has 0 radical (unpaired) electrons. The van der Waals surface area contributed by atoms with Crippen LogP contribution in [0.1, 0.15) is 24.4 Å². The normalized spacial score (nSPS) is 8.33. The van der Waals surface area contributed by atoms with Gasteiger partial charge in [0.2, 0.25) is 5.76 Å². The number of ether oxygens (including phenoxy) is 1. The maximum atomic E-state index is 10.7. The summed E-state index contributed by atoms with van der Waals surface area (Å²) in [7, 11) is 1.30. The van der Waals surface area contributed by atoms with Crippen LogP contribution >= 0.6 is 15.9 Å². The van der Waals surface area contributed by atoms with E-state index >= 15 is 0 Å². The summed E-state index contributed by atoms with van der Waals surface area (Å²) >= 11 is 3.13. The third-order valence-corrected chi connectivity index (χ3v) is 1.37. The zero-order chi connectivity index (χ0) is 9.56. The minimum Gasteiger partial charge on any atom is -0.463 e. The Kier molecular flexibility index (Phi) is 5.45. The second kappa shape index (κ2) is 5.83. The van der Waals surface area contributed by atoms with Crippen LogP contribution in [0.4, 0.5) is 0 Å². The molecule has 3 nitrogen and oxygen atoms in total. The van der Waals surface area contributed by atoms with Crippen molar-refractivity contribution in [3.8, 4) is 0 Å². The van der Waals surface area contributed by atoms with Gasteiger partial charge in [-0.3, -0.25) is 0 Å². The molecule has 0 saturated carbocycles. The average Bonchev–Trinajstić information content (AvgIpc) is 2.54. The summed E-state index contributed by atoms with van der Waals surface area (Å²) in [4.78, 5) is 10.7. The summed E-state index contributed by atoms with van der Waals surface area (Å²) in [5, 5.41) is 0. The van der Waals surface area contributed by atoms with Gasteiger partial charge < -0.3 is 9.15 Å². The van der Waals surface area contributed by atoms with Crippen molar-refractivity contribution in [2.24, 2.45) is 0 Å². The van der Waals surface area contributed by atoms with Gasteiger partial charge in [0.05, 0.1) is 11.6 Å². The first-order valence-corrected chi connectivity index (χ1v) is 4.35. The molecule has 12 heavy (non-hydrogen) atoms. The fourth-order valence-electron chi connectivity index (χ4n) is 0.521. The van der Waals surface area contributed by atoms with Crippen LogP contribution < -0.4 is 0 Å². The van der Waals surface area contributed by atoms with E-state index in [1.54, 1.807) is 6.07 Å². The van der Waals surface area contributed by atoms with Crippen molar-refractivity contribution < 1.29 is 13.9 Å². The summed E-state index contributed by atoms with van der Waals surface area (Å²) < 4.78 is 9.92. The van der Waals surface area contributed by atoms with Crippen molar-refractivity contribution >= 4 is 21.9 Å². The maximum absolute atomic E-state index is 10.7. The van der Waals surface area contributed by atoms with Gasteiger partial charge in [-0.2, -0.15) is 0 Å². The number of hydrogen-bond acceptors (Lipinski definition) is 3. The Morgan fingerprint density at radius 1 is 1.58 bits per heavy atom. The van der Waals surface area contributed by atoms with Crippen LogP contribution in [-0.4, -0.2) is 13.1 Å². The Morgan fingerprint density at radius 2 is 2.17 bits per heavy atom. The molecular formula is C8H11BrO3. The summed E-state index contributed by atoms with van der Waals surface area (Å²) in [6.07, 6.45) is 1.42. The fourth-order valence-corrected chi connectivity index (χ4v) is 0.822. The molecule has 4 heteroatoms. The first-order chi connectivity index (χ1) is 5.74. The minimum absolute atomic E-state index is 0.203. The molecule has 0 aliphatic rings. The molecule has 0 spiro atoms. The Balaban J connectivity index is 0.000000561. The molecule has 0 N–H and O–H groups in total. The van der Waals surface area contributed by atoms with Gasteiger partial charge in [0.25, 0.3) is 0 Å². The van der Waals surface area contributed by atoms with Gasteiger partial charge in [-0.1, -0.05) is 13.8 Å². The molecule has 1 heterocycles. The third-order valence-electron chi connectivity index (χ3n) is 0.954. The van der Waals surface area contributed by atoms with Gasteiger partial charge in [-0.15, -0.1) is 0 Å². The van der Waals surface area contributed by atoms with E-state index in [1.165, 1.54) is 13.4 Å². The molecule has 1 aromatic heterocycles. The van der Waals surface area contributed by atoms with E-state index in [0.29, 0.717) is 0 Å². The van der Waals surface area contributed by atoms with Crippen LogP contribution in [0.15, 0.2) is 21.2 Å². The van der Waals surface area contributed by atoms with E-state index in [1.807, 2.05) is 13.8 Å². The lowest BCUT2D eigenvalue weighted by Gasteiger charge is -1.89. The number of halogens is 1. The SMILES string of the molecule is CC.COC(=O)c1cc(Br)co1. The quantitative estimate of drug-likeness (QED) is 0.702. The molecule has 0 aliphatic carbocycles. The van der Waals surface area contributed by atoms with E-state index in [2.05, 4.69) is 20.7 Å². The van der Waals surface area contributed by atoms with Gasteiger partial charge in [0.1, 0.15) is 6.26 Å². The first-order valence-electron chi connectivity index (χ1n) is 3.56. The van der Waals surface area contributed by atoms with Crippen molar-refractivity contribution in [3.05, 3.63) is 22.6 Å². The largest absolute Gasteiger partial charge is 0.463 e. The van der Waals surface area contributed by atoms with Gasteiger partial charge in [0.15, 0.2) is 0 Å². The fraction of sp³-hybridized carbons (Fsp3) is 0.375. The molecule has 1 aromatic rings. The first kappa shape index (κ1) is 11.2. The number of carbonyl (C=O) groups is 1. The highest BCUT2D eigenvalue weighted by atomic mass is 79.9. The van der Waals surface area contributed by atoms with Crippen molar-refractivity contribution in [1.29, 1.82) is 0 Å². The highest BCUT2D eigenvalue weighted by molar-refractivity contribution is 9.10. The maximum Gasteiger partial charge on any atom is 0.373 e. The summed E-state index contributed by atoms with van der Waals surface area (Å²) in [5.41, 5.74) is 0. The van der Waals surface area contributed by atoms with Crippen LogP contribution in [0.3, 0.4) is 0 Å².